The Balaban J connectivity index is 2.49. The van der Waals surface area contributed by atoms with E-state index in [1.165, 1.54) is 0 Å². The third-order valence-electron chi connectivity index (χ3n) is 2.81. The molecular formula is C10H13F3N4O2S. The second-order valence-electron chi connectivity index (χ2n) is 4.39. The summed E-state index contributed by atoms with van der Waals surface area (Å²) in [6.07, 6.45) is -3.42. The molecule has 1 aromatic heterocycles. The van der Waals surface area contributed by atoms with Crippen molar-refractivity contribution in [2.45, 2.75) is 11.1 Å². The summed E-state index contributed by atoms with van der Waals surface area (Å²) >= 11 is 0. The van der Waals surface area contributed by atoms with E-state index in [1.54, 1.807) is 4.90 Å². The topological polar surface area (TPSA) is 75.2 Å². The number of nitrogens with zero attached hydrogens (tertiary/aromatic N) is 3. The third kappa shape index (κ3) is 3.18. The summed E-state index contributed by atoms with van der Waals surface area (Å²) in [5.74, 6) is -0.105. The van der Waals surface area contributed by atoms with Crippen LogP contribution in [0.4, 0.5) is 19.1 Å². The lowest BCUT2D eigenvalue weighted by Gasteiger charge is -2.27. The van der Waals surface area contributed by atoms with Gasteiger partial charge < -0.3 is 10.2 Å². The maximum atomic E-state index is 12.9. The molecule has 0 spiro atoms. The molecule has 0 saturated carbocycles. The number of alkyl halides is 3. The lowest BCUT2D eigenvalue weighted by molar-refractivity contribution is -0.143. The first-order valence-electron chi connectivity index (χ1n) is 5.79. The number of halogens is 3. The number of aromatic nitrogens is 2. The van der Waals surface area contributed by atoms with Crippen LogP contribution in [-0.2, 0) is 16.0 Å². The van der Waals surface area contributed by atoms with Crippen LogP contribution in [0.15, 0.2) is 11.1 Å². The lowest BCUT2D eigenvalue weighted by atomic mass is 10.3. The summed E-state index contributed by atoms with van der Waals surface area (Å²) in [6, 6.07) is 0. The first-order chi connectivity index (χ1) is 9.19. The fraction of sp³-hybridized carbons (Fsp3) is 0.600. The minimum absolute atomic E-state index is 0.105. The first kappa shape index (κ1) is 15.0. The predicted octanol–water partition coefficient (Wildman–Crippen LogP) is 0.309. The zero-order valence-corrected chi connectivity index (χ0v) is 11.4. The molecule has 0 radical (unpaired) electrons. The molecule has 0 aromatic carbocycles. The number of sulfone groups is 1. The van der Waals surface area contributed by atoms with Gasteiger partial charge in [-0.05, 0) is 0 Å². The average Bonchev–Trinajstić information content (AvgIpc) is 2.37. The van der Waals surface area contributed by atoms with E-state index < -0.39 is 26.6 Å². The normalized spacial score (nSPS) is 17.3. The van der Waals surface area contributed by atoms with Gasteiger partial charge in [-0.2, -0.15) is 13.2 Å². The summed E-state index contributed by atoms with van der Waals surface area (Å²) in [7, 11) is -4.04. The van der Waals surface area contributed by atoms with Gasteiger partial charge in [0.1, 0.15) is 4.90 Å². The molecule has 1 aliphatic rings. The SMILES string of the molecule is CS(=O)(=O)c1cnc(N2CCNCC2)nc1C(F)(F)F. The number of hydrogen-bond donors (Lipinski definition) is 1. The van der Waals surface area contributed by atoms with E-state index in [9.17, 15) is 21.6 Å². The van der Waals surface area contributed by atoms with Crippen molar-refractivity contribution in [3.8, 4) is 0 Å². The van der Waals surface area contributed by atoms with Gasteiger partial charge in [0.2, 0.25) is 5.95 Å². The number of piperazine rings is 1. The molecule has 0 amide bonds. The van der Waals surface area contributed by atoms with Gasteiger partial charge >= 0.3 is 6.18 Å². The van der Waals surface area contributed by atoms with Crippen molar-refractivity contribution >= 4 is 15.8 Å². The zero-order valence-electron chi connectivity index (χ0n) is 10.6. The Morgan fingerprint density at radius 2 is 1.90 bits per heavy atom. The molecule has 10 heteroatoms. The van der Waals surface area contributed by atoms with Crippen molar-refractivity contribution < 1.29 is 21.6 Å². The van der Waals surface area contributed by atoms with E-state index in [1.807, 2.05) is 0 Å². The summed E-state index contributed by atoms with van der Waals surface area (Å²) in [5.41, 5.74) is -1.41. The predicted molar refractivity (Wildman–Crippen MR) is 65.2 cm³/mol. The average molecular weight is 310 g/mol. The van der Waals surface area contributed by atoms with E-state index in [2.05, 4.69) is 15.3 Å². The van der Waals surface area contributed by atoms with E-state index in [0.717, 1.165) is 6.20 Å². The Bertz CT molecular complexity index is 597. The number of anilines is 1. The quantitative estimate of drug-likeness (QED) is 0.847. The van der Waals surface area contributed by atoms with Gasteiger partial charge in [0.25, 0.3) is 0 Å². The molecule has 1 N–H and O–H groups in total. The van der Waals surface area contributed by atoms with Gasteiger partial charge in [-0.15, -0.1) is 0 Å². The van der Waals surface area contributed by atoms with Crippen LogP contribution in [0.2, 0.25) is 0 Å². The highest BCUT2D eigenvalue weighted by molar-refractivity contribution is 7.90. The molecule has 2 rings (SSSR count). The Labute approximate surface area is 113 Å². The summed E-state index contributed by atoms with van der Waals surface area (Å²) < 4.78 is 61.6. The summed E-state index contributed by atoms with van der Waals surface area (Å²) in [5, 5.41) is 3.05. The van der Waals surface area contributed by atoms with E-state index in [4.69, 9.17) is 0 Å². The molecule has 1 aromatic rings. The second kappa shape index (κ2) is 5.17. The Hall–Kier alpha value is -1.42. The summed E-state index contributed by atoms with van der Waals surface area (Å²) in [6.45, 7) is 2.15. The van der Waals surface area contributed by atoms with Gasteiger partial charge in [0, 0.05) is 32.4 Å². The fourth-order valence-corrected chi connectivity index (χ4v) is 2.61. The van der Waals surface area contributed by atoms with Crippen LogP contribution in [0.1, 0.15) is 5.69 Å². The molecule has 6 nitrogen and oxygen atoms in total. The Morgan fingerprint density at radius 3 is 2.40 bits per heavy atom. The molecule has 0 bridgehead atoms. The van der Waals surface area contributed by atoms with Crippen LogP contribution >= 0.6 is 0 Å². The molecule has 1 saturated heterocycles. The molecule has 1 aliphatic heterocycles. The highest BCUT2D eigenvalue weighted by Crippen LogP contribution is 2.33. The molecular weight excluding hydrogens is 297 g/mol. The van der Waals surface area contributed by atoms with Crippen LogP contribution in [0.5, 0.6) is 0 Å². The second-order valence-corrected chi connectivity index (χ2v) is 6.37. The molecule has 20 heavy (non-hydrogen) atoms. The maximum absolute atomic E-state index is 12.9. The third-order valence-corrected chi connectivity index (χ3v) is 3.91. The molecule has 0 aliphatic carbocycles. The molecule has 112 valence electrons. The van der Waals surface area contributed by atoms with Crippen LogP contribution in [0.3, 0.4) is 0 Å². The van der Waals surface area contributed by atoms with Crippen molar-refractivity contribution in [2.24, 2.45) is 0 Å². The summed E-state index contributed by atoms with van der Waals surface area (Å²) in [4.78, 5) is 7.85. The van der Waals surface area contributed by atoms with Crippen molar-refractivity contribution in [3.05, 3.63) is 11.9 Å². The van der Waals surface area contributed by atoms with Crippen LogP contribution < -0.4 is 10.2 Å². The number of rotatable bonds is 2. The van der Waals surface area contributed by atoms with E-state index in [0.29, 0.717) is 32.4 Å². The van der Waals surface area contributed by atoms with Gasteiger partial charge in [0.15, 0.2) is 15.5 Å². The maximum Gasteiger partial charge on any atom is 0.434 e. The smallest absolute Gasteiger partial charge is 0.338 e. The fourth-order valence-electron chi connectivity index (χ4n) is 1.85. The van der Waals surface area contributed by atoms with Gasteiger partial charge in [-0.1, -0.05) is 0 Å². The van der Waals surface area contributed by atoms with Crippen LogP contribution in [-0.4, -0.2) is 50.8 Å². The highest BCUT2D eigenvalue weighted by Gasteiger charge is 2.39. The Kier molecular flexibility index (Phi) is 3.87. The van der Waals surface area contributed by atoms with E-state index in [-0.39, 0.29) is 5.95 Å². The van der Waals surface area contributed by atoms with Gasteiger partial charge in [0.05, 0.1) is 6.20 Å². The first-order valence-corrected chi connectivity index (χ1v) is 7.68. The number of hydrogen-bond acceptors (Lipinski definition) is 6. The van der Waals surface area contributed by atoms with Gasteiger partial charge in [-0.3, -0.25) is 0 Å². The molecule has 0 atom stereocenters. The monoisotopic (exact) mass is 310 g/mol. The van der Waals surface area contributed by atoms with Crippen molar-refractivity contribution in [1.82, 2.24) is 15.3 Å². The van der Waals surface area contributed by atoms with Crippen molar-refractivity contribution in [2.75, 3.05) is 37.3 Å². The van der Waals surface area contributed by atoms with Crippen LogP contribution in [0, 0.1) is 0 Å². The largest absolute Gasteiger partial charge is 0.434 e. The number of nitrogens with one attached hydrogen (secondary N) is 1. The Morgan fingerprint density at radius 1 is 1.30 bits per heavy atom. The minimum atomic E-state index is -4.84. The van der Waals surface area contributed by atoms with Gasteiger partial charge in [-0.25, -0.2) is 18.4 Å². The highest BCUT2D eigenvalue weighted by atomic mass is 32.2. The standard InChI is InChI=1S/C10H13F3N4O2S/c1-20(18,19)7-6-15-9(16-8(7)10(11,12)13)17-4-2-14-3-5-17/h6,14H,2-5H2,1H3. The molecule has 0 unspecified atom stereocenters. The van der Waals surface area contributed by atoms with Crippen molar-refractivity contribution in [3.63, 3.8) is 0 Å². The molecule has 1 fully saturated rings. The zero-order chi connectivity index (χ0) is 15.0. The minimum Gasteiger partial charge on any atom is -0.338 e. The molecule has 2 heterocycles. The van der Waals surface area contributed by atoms with Crippen LogP contribution in [0.25, 0.3) is 0 Å². The van der Waals surface area contributed by atoms with E-state index >= 15 is 0 Å². The lowest BCUT2D eigenvalue weighted by Crippen LogP contribution is -2.44. The van der Waals surface area contributed by atoms with Crippen molar-refractivity contribution in [1.29, 1.82) is 0 Å².